The number of hydrogen-bond donors (Lipinski definition) is 2. The lowest BCUT2D eigenvalue weighted by atomic mass is 9.95. The Labute approximate surface area is 117 Å². The monoisotopic (exact) mass is 270 g/mol. The van der Waals surface area contributed by atoms with Crippen molar-refractivity contribution in [3.05, 3.63) is 0 Å². The lowest BCUT2D eigenvalue weighted by Gasteiger charge is -2.36. The van der Waals surface area contributed by atoms with E-state index in [1.807, 2.05) is 0 Å². The van der Waals surface area contributed by atoms with Crippen LogP contribution in [-0.2, 0) is 0 Å². The van der Waals surface area contributed by atoms with Crippen LogP contribution in [0.1, 0.15) is 33.1 Å². The third-order valence-corrected chi connectivity index (χ3v) is 4.95. The summed E-state index contributed by atoms with van der Waals surface area (Å²) in [4.78, 5) is 4.77. The molecule has 0 aromatic heterocycles. The molecule has 0 amide bonds. The second-order valence-electron chi connectivity index (χ2n) is 6.62. The van der Waals surface area contributed by atoms with E-state index in [1.54, 1.807) is 0 Å². The summed E-state index contributed by atoms with van der Waals surface area (Å²) in [6.07, 6.45) is 3.07. The van der Waals surface area contributed by atoms with Crippen LogP contribution in [0.25, 0.3) is 0 Å². The van der Waals surface area contributed by atoms with Gasteiger partial charge < -0.3 is 20.0 Å². The highest BCUT2D eigenvalue weighted by Crippen LogP contribution is 2.18. The SMILES string of the molecule is CC1CCN(CCCN2CCC(C)C(O)C2)CC1O. The van der Waals surface area contributed by atoms with Crippen molar-refractivity contribution < 1.29 is 10.2 Å². The summed E-state index contributed by atoms with van der Waals surface area (Å²) < 4.78 is 0. The molecular formula is C15H30N2O2. The molecule has 2 aliphatic heterocycles. The van der Waals surface area contributed by atoms with Crippen molar-refractivity contribution in [1.29, 1.82) is 0 Å². The Hall–Kier alpha value is -0.160. The number of likely N-dealkylation sites (tertiary alicyclic amines) is 2. The Kier molecular flexibility index (Phi) is 5.63. The molecule has 4 heteroatoms. The highest BCUT2D eigenvalue weighted by molar-refractivity contribution is 4.79. The second-order valence-corrected chi connectivity index (χ2v) is 6.62. The van der Waals surface area contributed by atoms with Crippen LogP contribution in [0.5, 0.6) is 0 Å². The van der Waals surface area contributed by atoms with Crippen LogP contribution in [0.15, 0.2) is 0 Å². The summed E-state index contributed by atoms with van der Waals surface area (Å²) in [7, 11) is 0. The first-order valence-electron chi connectivity index (χ1n) is 7.87. The first-order valence-corrected chi connectivity index (χ1v) is 7.87. The molecule has 112 valence electrons. The van der Waals surface area contributed by atoms with Gasteiger partial charge in [-0.15, -0.1) is 0 Å². The van der Waals surface area contributed by atoms with E-state index in [4.69, 9.17) is 0 Å². The Morgan fingerprint density at radius 2 is 1.26 bits per heavy atom. The Balaban J connectivity index is 1.61. The molecule has 0 aliphatic carbocycles. The van der Waals surface area contributed by atoms with Gasteiger partial charge in [-0.3, -0.25) is 0 Å². The van der Waals surface area contributed by atoms with Gasteiger partial charge in [0.05, 0.1) is 12.2 Å². The molecule has 2 saturated heterocycles. The summed E-state index contributed by atoms with van der Waals surface area (Å²) in [6.45, 7) is 10.3. The molecule has 0 aromatic carbocycles. The van der Waals surface area contributed by atoms with E-state index in [0.29, 0.717) is 11.8 Å². The average molecular weight is 270 g/mol. The van der Waals surface area contributed by atoms with Gasteiger partial charge in [0.25, 0.3) is 0 Å². The molecule has 2 heterocycles. The zero-order valence-corrected chi connectivity index (χ0v) is 12.5. The summed E-state index contributed by atoms with van der Waals surface area (Å²) in [5, 5.41) is 19.7. The second kappa shape index (κ2) is 7.02. The number of β-amino-alcohol motifs (C(OH)–C–C–N with tert-alkyl or cyclic N) is 2. The fraction of sp³-hybridized carbons (Fsp3) is 1.00. The minimum absolute atomic E-state index is 0.147. The maximum absolute atomic E-state index is 9.87. The average Bonchev–Trinajstić information content (AvgIpc) is 2.38. The number of rotatable bonds is 4. The lowest BCUT2D eigenvalue weighted by molar-refractivity contribution is 0.0176. The van der Waals surface area contributed by atoms with Crippen molar-refractivity contribution in [2.24, 2.45) is 11.8 Å². The zero-order valence-electron chi connectivity index (χ0n) is 12.5. The third-order valence-electron chi connectivity index (χ3n) is 4.95. The smallest absolute Gasteiger partial charge is 0.0693 e. The normalized spacial score (nSPS) is 38.5. The standard InChI is InChI=1S/C15H30N2O2/c1-12-4-8-16(10-14(12)18)6-3-7-17-9-5-13(2)15(19)11-17/h12-15,18-19H,3-11H2,1-2H3. The van der Waals surface area contributed by atoms with Crippen molar-refractivity contribution in [1.82, 2.24) is 9.80 Å². The number of hydrogen-bond acceptors (Lipinski definition) is 4. The predicted octanol–water partition coefficient (Wildman–Crippen LogP) is 0.782. The van der Waals surface area contributed by atoms with E-state index in [-0.39, 0.29) is 12.2 Å². The van der Waals surface area contributed by atoms with Crippen LogP contribution in [0.3, 0.4) is 0 Å². The van der Waals surface area contributed by atoms with E-state index in [0.717, 1.165) is 58.5 Å². The van der Waals surface area contributed by atoms with Crippen molar-refractivity contribution in [3.8, 4) is 0 Å². The van der Waals surface area contributed by atoms with Crippen LogP contribution in [0.2, 0.25) is 0 Å². The van der Waals surface area contributed by atoms with Gasteiger partial charge in [-0.2, -0.15) is 0 Å². The zero-order chi connectivity index (χ0) is 13.8. The minimum Gasteiger partial charge on any atom is -0.392 e. The van der Waals surface area contributed by atoms with Crippen LogP contribution >= 0.6 is 0 Å². The molecule has 2 N–H and O–H groups in total. The van der Waals surface area contributed by atoms with Gasteiger partial charge in [0, 0.05) is 13.1 Å². The molecule has 2 aliphatic rings. The molecule has 2 fully saturated rings. The van der Waals surface area contributed by atoms with Gasteiger partial charge in [0.2, 0.25) is 0 Å². The molecule has 4 unspecified atom stereocenters. The molecule has 4 atom stereocenters. The highest BCUT2D eigenvalue weighted by atomic mass is 16.3. The molecular weight excluding hydrogens is 240 g/mol. The molecule has 0 bridgehead atoms. The van der Waals surface area contributed by atoms with Gasteiger partial charge in [0.15, 0.2) is 0 Å². The van der Waals surface area contributed by atoms with Gasteiger partial charge in [-0.25, -0.2) is 0 Å². The quantitative estimate of drug-likeness (QED) is 0.792. The van der Waals surface area contributed by atoms with Crippen LogP contribution in [-0.4, -0.2) is 71.5 Å². The maximum atomic E-state index is 9.87. The summed E-state index contributed by atoms with van der Waals surface area (Å²) in [6, 6.07) is 0. The molecule has 0 radical (unpaired) electrons. The Bertz CT molecular complexity index is 249. The van der Waals surface area contributed by atoms with Crippen molar-refractivity contribution in [2.45, 2.75) is 45.3 Å². The van der Waals surface area contributed by atoms with E-state index in [1.165, 1.54) is 0 Å². The number of nitrogens with zero attached hydrogens (tertiary/aromatic N) is 2. The van der Waals surface area contributed by atoms with E-state index < -0.39 is 0 Å². The fourth-order valence-corrected chi connectivity index (χ4v) is 3.15. The van der Waals surface area contributed by atoms with Crippen molar-refractivity contribution in [2.75, 3.05) is 39.3 Å². The van der Waals surface area contributed by atoms with Gasteiger partial charge >= 0.3 is 0 Å². The Morgan fingerprint density at radius 3 is 1.63 bits per heavy atom. The maximum Gasteiger partial charge on any atom is 0.0693 e. The molecule has 0 spiro atoms. The molecule has 0 saturated carbocycles. The number of aliphatic hydroxyl groups excluding tert-OH is 2. The third kappa shape index (κ3) is 4.42. The van der Waals surface area contributed by atoms with E-state index in [2.05, 4.69) is 23.6 Å². The Morgan fingerprint density at radius 1 is 0.842 bits per heavy atom. The molecule has 19 heavy (non-hydrogen) atoms. The van der Waals surface area contributed by atoms with Crippen LogP contribution < -0.4 is 0 Å². The van der Waals surface area contributed by atoms with E-state index >= 15 is 0 Å². The van der Waals surface area contributed by atoms with Gasteiger partial charge in [-0.1, -0.05) is 13.8 Å². The van der Waals surface area contributed by atoms with Gasteiger partial charge in [0.1, 0.15) is 0 Å². The summed E-state index contributed by atoms with van der Waals surface area (Å²) in [5.74, 6) is 0.907. The lowest BCUT2D eigenvalue weighted by Crippen LogP contribution is -2.45. The molecule has 0 aromatic rings. The first-order chi connectivity index (χ1) is 9.06. The topological polar surface area (TPSA) is 46.9 Å². The van der Waals surface area contributed by atoms with E-state index in [9.17, 15) is 10.2 Å². The predicted molar refractivity (Wildman–Crippen MR) is 77.1 cm³/mol. The number of aliphatic hydroxyl groups is 2. The number of piperidine rings is 2. The highest BCUT2D eigenvalue weighted by Gasteiger charge is 2.25. The summed E-state index contributed by atoms with van der Waals surface area (Å²) >= 11 is 0. The van der Waals surface area contributed by atoms with Gasteiger partial charge in [-0.05, 0) is 57.3 Å². The molecule has 2 rings (SSSR count). The van der Waals surface area contributed by atoms with Crippen LogP contribution in [0, 0.1) is 11.8 Å². The fourth-order valence-electron chi connectivity index (χ4n) is 3.15. The first kappa shape index (κ1) is 15.2. The largest absolute Gasteiger partial charge is 0.392 e. The van der Waals surface area contributed by atoms with Crippen LogP contribution in [0.4, 0.5) is 0 Å². The molecule has 4 nitrogen and oxygen atoms in total. The van der Waals surface area contributed by atoms with Crippen molar-refractivity contribution >= 4 is 0 Å². The summed E-state index contributed by atoms with van der Waals surface area (Å²) in [5.41, 5.74) is 0. The minimum atomic E-state index is -0.147. The van der Waals surface area contributed by atoms with Crippen molar-refractivity contribution in [3.63, 3.8) is 0 Å².